The Bertz CT molecular complexity index is 519. The number of amides is 1. The van der Waals surface area contributed by atoms with E-state index in [0.717, 1.165) is 43.5 Å². The summed E-state index contributed by atoms with van der Waals surface area (Å²) in [5.74, 6) is 1.02. The number of hydrogen-bond donors (Lipinski definition) is 1. The van der Waals surface area contributed by atoms with E-state index in [2.05, 4.69) is 15.2 Å². The van der Waals surface area contributed by atoms with Crippen molar-refractivity contribution >= 4 is 11.6 Å². The van der Waals surface area contributed by atoms with Crippen LogP contribution in [0.4, 0.5) is 5.69 Å². The van der Waals surface area contributed by atoms with Crippen molar-refractivity contribution in [3.05, 3.63) is 23.5 Å². The van der Waals surface area contributed by atoms with Crippen molar-refractivity contribution in [1.82, 2.24) is 14.8 Å². The second kappa shape index (κ2) is 6.02. The molecule has 1 N–H and O–H groups in total. The van der Waals surface area contributed by atoms with Crippen molar-refractivity contribution in [2.24, 2.45) is 5.92 Å². The van der Waals surface area contributed by atoms with Gasteiger partial charge in [-0.15, -0.1) is 0 Å². The standard InChI is InChI=1S/C16H24N4O/c1-12-9-15(17-2)14(10-18-12)16(21)20-7-5-19(6-8-20)11-13-3-4-13/h9-10,13H,3-8,11H2,1-2H3,(H,17,18). The number of rotatable bonds is 4. The predicted octanol–water partition coefficient (Wildman–Crippen LogP) is 1.60. The van der Waals surface area contributed by atoms with E-state index >= 15 is 0 Å². The van der Waals surface area contributed by atoms with Crippen LogP contribution in [0.2, 0.25) is 0 Å². The van der Waals surface area contributed by atoms with E-state index in [4.69, 9.17) is 0 Å². The van der Waals surface area contributed by atoms with Gasteiger partial charge in [-0.25, -0.2) is 0 Å². The maximum Gasteiger partial charge on any atom is 0.257 e. The molecule has 1 amide bonds. The molecule has 2 fully saturated rings. The second-order valence-electron chi connectivity index (χ2n) is 6.16. The van der Waals surface area contributed by atoms with E-state index in [0.29, 0.717) is 5.56 Å². The Hall–Kier alpha value is -1.62. The number of hydrogen-bond acceptors (Lipinski definition) is 4. The van der Waals surface area contributed by atoms with E-state index in [-0.39, 0.29) is 5.91 Å². The lowest BCUT2D eigenvalue weighted by Gasteiger charge is -2.35. The van der Waals surface area contributed by atoms with Gasteiger partial charge in [0.25, 0.3) is 5.91 Å². The summed E-state index contributed by atoms with van der Waals surface area (Å²) >= 11 is 0. The fraction of sp³-hybridized carbons (Fsp3) is 0.625. The summed E-state index contributed by atoms with van der Waals surface area (Å²) in [4.78, 5) is 21.4. The van der Waals surface area contributed by atoms with Crippen molar-refractivity contribution in [2.45, 2.75) is 19.8 Å². The molecule has 0 bridgehead atoms. The molecule has 1 aromatic rings. The first-order valence-electron chi connectivity index (χ1n) is 7.83. The highest BCUT2D eigenvalue weighted by molar-refractivity contribution is 5.99. The van der Waals surface area contributed by atoms with Crippen LogP contribution >= 0.6 is 0 Å². The van der Waals surface area contributed by atoms with Gasteiger partial charge >= 0.3 is 0 Å². The maximum absolute atomic E-state index is 12.7. The monoisotopic (exact) mass is 288 g/mol. The Morgan fingerprint density at radius 1 is 1.33 bits per heavy atom. The zero-order valence-electron chi connectivity index (χ0n) is 12.9. The van der Waals surface area contributed by atoms with Crippen LogP contribution in [-0.4, -0.2) is 60.5 Å². The molecule has 0 atom stereocenters. The first kappa shape index (κ1) is 14.3. The number of nitrogens with zero attached hydrogens (tertiary/aromatic N) is 3. The molecule has 0 aromatic carbocycles. The highest BCUT2D eigenvalue weighted by atomic mass is 16.2. The van der Waals surface area contributed by atoms with Gasteiger partial charge < -0.3 is 10.2 Å². The summed E-state index contributed by atoms with van der Waals surface area (Å²) in [6.45, 7) is 6.79. The lowest BCUT2D eigenvalue weighted by Crippen LogP contribution is -2.49. The third-order valence-electron chi connectivity index (χ3n) is 4.41. The normalized spacial score (nSPS) is 19.6. The lowest BCUT2D eigenvalue weighted by atomic mass is 10.1. The van der Waals surface area contributed by atoms with E-state index < -0.39 is 0 Å². The number of pyridine rings is 1. The molecular weight excluding hydrogens is 264 g/mol. The van der Waals surface area contributed by atoms with Crippen LogP contribution in [0, 0.1) is 12.8 Å². The molecule has 0 unspecified atom stereocenters. The quantitative estimate of drug-likeness (QED) is 0.914. The summed E-state index contributed by atoms with van der Waals surface area (Å²) in [6.07, 6.45) is 4.47. The molecule has 1 aliphatic carbocycles. The van der Waals surface area contributed by atoms with Gasteiger partial charge in [0.15, 0.2) is 0 Å². The summed E-state index contributed by atoms with van der Waals surface area (Å²) in [5.41, 5.74) is 2.47. The molecule has 21 heavy (non-hydrogen) atoms. The maximum atomic E-state index is 12.7. The average Bonchev–Trinajstić information content (AvgIpc) is 3.31. The van der Waals surface area contributed by atoms with Gasteiger partial charge in [-0.05, 0) is 31.7 Å². The smallest absolute Gasteiger partial charge is 0.257 e. The number of carbonyl (C=O) groups excluding carboxylic acids is 1. The zero-order valence-corrected chi connectivity index (χ0v) is 12.9. The fourth-order valence-electron chi connectivity index (χ4n) is 2.91. The zero-order chi connectivity index (χ0) is 14.8. The molecule has 0 radical (unpaired) electrons. The molecule has 2 aliphatic rings. The molecule has 114 valence electrons. The van der Waals surface area contributed by atoms with Crippen LogP contribution in [0.25, 0.3) is 0 Å². The number of carbonyl (C=O) groups is 1. The Morgan fingerprint density at radius 2 is 2.05 bits per heavy atom. The molecule has 1 saturated heterocycles. The van der Waals surface area contributed by atoms with Crippen LogP contribution in [-0.2, 0) is 0 Å². The third-order valence-corrected chi connectivity index (χ3v) is 4.41. The largest absolute Gasteiger partial charge is 0.387 e. The van der Waals surface area contributed by atoms with Gasteiger partial charge in [-0.3, -0.25) is 14.7 Å². The molecule has 5 nitrogen and oxygen atoms in total. The van der Waals surface area contributed by atoms with Crippen LogP contribution in [0.5, 0.6) is 0 Å². The minimum absolute atomic E-state index is 0.0953. The molecule has 2 heterocycles. The van der Waals surface area contributed by atoms with Gasteiger partial charge in [0, 0.05) is 51.7 Å². The van der Waals surface area contributed by atoms with Crippen LogP contribution in [0.15, 0.2) is 12.3 Å². The fourth-order valence-corrected chi connectivity index (χ4v) is 2.91. The number of nitrogens with one attached hydrogen (secondary N) is 1. The summed E-state index contributed by atoms with van der Waals surface area (Å²) in [7, 11) is 1.85. The summed E-state index contributed by atoms with van der Waals surface area (Å²) in [6, 6.07) is 1.93. The Balaban J connectivity index is 1.63. The van der Waals surface area contributed by atoms with Gasteiger partial charge in [0.2, 0.25) is 0 Å². The van der Waals surface area contributed by atoms with Crippen molar-refractivity contribution in [1.29, 1.82) is 0 Å². The van der Waals surface area contributed by atoms with Crippen molar-refractivity contribution in [3.63, 3.8) is 0 Å². The van der Waals surface area contributed by atoms with E-state index in [1.807, 2.05) is 24.9 Å². The highest BCUT2D eigenvalue weighted by Gasteiger charge is 2.28. The van der Waals surface area contributed by atoms with Gasteiger partial charge in [-0.1, -0.05) is 0 Å². The Labute approximate surface area is 126 Å². The Morgan fingerprint density at radius 3 is 2.67 bits per heavy atom. The van der Waals surface area contributed by atoms with Crippen LogP contribution in [0.3, 0.4) is 0 Å². The van der Waals surface area contributed by atoms with Crippen molar-refractivity contribution in [3.8, 4) is 0 Å². The van der Waals surface area contributed by atoms with Crippen LogP contribution in [0.1, 0.15) is 28.9 Å². The first-order valence-corrected chi connectivity index (χ1v) is 7.83. The number of piperazine rings is 1. The van der Waals surface area contributed by atoms with Crippen molar-refractivity contribution in [2.75, 3.05) is 45.1 Å². The predicted molar refractivity (Wildman–Crippen MR) is 83.6 cm³/mol. The Kier molecular flexibility index (Phi) is 4.10. The minimum atomic E-state index is 0.0953. The summed E-state index contributed by atoms with van der Waals surface area (Å²) in [5, 5.41) is 3.10. The van der Waals surface area contributed by atoms with E-state index in [9.17, 15) is 4.79 Å². The van der Waals surface area contributed by atoms with E-state index in [1.54, 1.807) is 6.20 Å². The molecule has 3 rings (SSSR count). The highest BCUT2D eigenvalue weighted by Crippen LogP contribution is 2.30. The molecule has 1 saturated carbocycles. The van der Waals surface area contributed by atoms with Crippen LogP contribution < -0.4 is 5.32 Å². The second-order valence-corrected chi connectivity index (χ2v) is 6.16. The molecule has 1 aliphatic heterocycles. The molecular formula is C16H24N4O. The lowest BCUT2D eigenvalue weighted by molar-refractivity contribution is 0.0632. The SMILES string of the molecule is CNc1cc(C)ncc1C(=O)N1CCN(CC2CC2)CC1. The average molecular weight is 288 g/mol. The number of aryl methyl sites for hydroxylation is 1. The van der Waals surface area contributed by atoms with Crippen molar-refractivity contribution < 1.29 is 4.79 Å². The minimum Gasteiger partial charge on any atom is -0.387 e. The molecule has 5 heteroatoms. The molecule has 1 aromatic heterocycles. The van der Waals surface area contributed by atoms with E-state index in [1.165, 1.54) is 19.4 Å². The summed E-state index contributed by atoms with van der Waals surface area (Å²) < 4.78 is 0. The number of anilines is 1. The van der Waals surface area contributed by atoms with Gasteiger partial charge in [0.1, 0.15) is 0 Å². The third kappa shape index (κ3) is 3.35. The number of aromatic nitrogens is 1. The molecule has 0 spiro atoms. The van der Waals surface area contributed by atoms with Gasteiger partial charge in [0.05, 0.1) is 11.3 Å². The first-order chi connectivity index (χ1) is 10.2. The topological polar surface area (TPSA) is 48.5 Å². The van der Waals surface area contributed by atoms with Gasteiger partial charge in [-0.2, -0.15) is 0 Å².